The van der Waals surface area contributed by atoms with E-state index >= 15 is 0 Å². The van der Waals surface area contributed by atoms with E-state index in [1.807, 2.05) is 0 Å². The fraction of sp³-hybridized carbons (Fsp3) is 0.278. The van der Waals surface area contributed by atoms with Crippen molar-refractivity contribution in [1.29, 1.82) is 0 Å². The second kappa shape index (κ2) is 5.84. The summed E-state index contributed by atoms with van der Waals surface area (Å²) in [5.41, 5.74) is 0.449. The van der Waals surface area contributed by atoms with E-state index in [0.29, 0.717) is 23.5 Å². The van der Waals surface area contributed by atoms with E-state index in [1.165, 1.54) is 24.3 Å². The summed E-state index contributed by atoms with van der Waals surface area (Å²) in [6.45, 7) is 0.259. The number of carbonyl (C=O) groups is 1. The van der Waals surface area contributed by atoms with Crippen LogP contribution in [0, 0.1) is 5.82 Å². The van der Waals surface area contributed by atoms with E-state index in [0.717, 1.165) is 0 Å². The van der Waals surface area contributed by atoms with Gasteiger partial charge in [0, 0.05) is 18.2 Å². The van der Waals surface area contributed by atoms with Gasteiger partial charge in [-0.05, 0) is 48.9 Å². The zero-order chi connectivity index (χ0) is 17.6. The van der Waals surface area contributed by atoms with Gasteiger partial charge in [0.25, 0.3) is 5.91 Å². The van der Waals surface area contributed by atoms with Crippen molar-refractivity contribution in [3.8, 4) is 11.5 Å². The van der Waals surface area contributed by atoms with Crippen LogP contribution in [0.15, 0.2) is 48.5 Å². The van der Waals surface area contributed by atoms with Crippen LogP contribution in [0.5, 0.6) is 11.5 Å². The highest BCUT2D eigenvalue weighted by Crippen LogP contribution is 2.34. The van der Waals surface area contributed by atoms with Crippen molar-refractivity contribution in [2.75, 3.05) is 12.3 Å². The average Bonchev–Trinajstić information content (AvgIpc) is 3.12. The monoisotopic (exact) mass is 361 g/mol. The molecule has 2 aliphatic heterocycles. The fourth-order valence-corrected chi connectivity index (χ4v) is 5.47. The second-order valence-corrected chi connectivity index (χ2v) is 8.71. The molecule has 2 unspecified atom stereocenters. The number of hydrogen-bond acceptors (Lipinski definition) is 4. The molecule has 0 aromatic heterocycles. The molecule has 2 aliphatic rings. The lowest BCUT2D eigenvalue weighted by molar-refractivity contribution is 0.0745. The lowest BCUT2D eigenvalue weighted by Gasteiger charge is -2.27. The molecule has 7 heteroatoms. The third-order valence-corrected chi connectivity index (χ3v) is 6.91. The largest absolute Gasteiger partial charge is 0.457 e. The van der Waals surface area contributed by atoms with Crippen molar-refractivity contribution in [3.63, 3.8) is 0 Å². The van der Waals surface area contributed by atoms with Crippen molar-refractivity contribution >= 4 is 15.7 Å². The van der Waals surface area contributed by atoms with Crippen LogP contribution < -0.4 is 4.74 Å². The van der Waals surface area contributed by atoms with E-state index in [9.17, 15) is 17.6 Å². The van der Waals surface area contributed by atoms with Crippen molar-refractivity contribution in [3.05, 3.63) is 59.9 Å². The smallest absolute Gasteiger partial charge is 0.254 e. The predicted molar refractivity (Wildman–Crippen MR) is 89.9 cm³/mol. The molecule has 2 fully saturated rings. The summed E-state index contributed by atoms with van der Waals surface area (Å²) in [7, 11) is -3.04. The highest BCUT2D eigenvalue weighted by atomic mass is 32.2. The third-order valence-electron chi connectivity index (χ3n) is 4.70. The molecule has 0 spiro atoms. The van der Waals surface area contributed by atoms with Gasteiger partial charge in [0.05, 0.1) is 11.0 Å². The zero-order valence-corrected chi connectivity index (χ0v) is 14.1. The fourth-order valence-electron chi connectivity index (χ4n) is 3.44. The maximum atomic E-state index is 12.9. The number of nitrogens with zero attached hydrogens (tertiary/aromatic N) is 1. The first-order valence-electron chi connectivity index (χ1n) is 7.98. The van der Waals surface area contributed by atoms with Gasteiger partial charge in [0.1, 0.15) is 17.3 Å². The van der Waals surface area contributed by atoms with Gasteiger partial charge in [-0.2, -0.15) is 0 Å². The molecular formula is C18H16FNO4S. The second-order valence-electron chi connectivity index (χ2n) is 6.38. The molecule has 0 saturated carbocycles. The quantitative estimate of drug-likeness (QED) is 0.843. The van der Waals surface area contributed by atoms with Crippen LogP contribution in [0.25, 0.3) is 0 Å². The van der Waals surface area contributed by atoms with Crippen LogP contribution in [-0.4, -0.2) is 42.8 Å². The summed E-state index contributed by atoms with van der Waals surface area (Å²) < 4.78 is 42.2. The van der Waals surface area contributed by atoms with Gasteiger partial charge in [0.15, 0.2) is 9.84 Å². The Morgan fingerprint density at radius 2 is 1.88 bits per heavy atom. The zero-order valence-electron chi connectivity index (χ0n) is 13.3. The molecule has 2 bridgehead atoms. The minimum Gasteiger partial charge on any atom is -0.457 e. The molecule has 0 aliphatic carbocycles. The number of ether oxygens (including phenoxy) is 1. The molecular weight excluding hydrogens is 345 g/mol. The number of hydrogen-bond donors (Lipinski definition) is 0. The maximum Gasteiger partial charge on any atom is 0.254 e. The summed E-state index contributed by atoms with van der Waals surface area (Å²) in [6, 6.07) is 12.1. The summed E-state index contributed by atoms with van der Waals surface area (Å²) in [4.78, 5) is 14.4. The van der Waals surface area contributed by atoms with Gasteiger partial charge in [-0.1, -0.05) is 6.07 Å². The van der Waals surface area contributed by atoms with Crippen LogP contribution in [0.1, 0.15) is 16.8 Å². The maximum absolute atomic E-state index is 12.9. The highest BCUT2D eigenvalue weighted by Gasteiger charge is 2.50. The number of likely N-dealkylation sites (tertiary alicyclic amines) is 1. The molecule has 2 aromatic carbocycles. The molecule has 0 radical (unpaired) electrons. The van der Waals surface area contributed by atoms with Gasteiger partial charge >= 0.3 is 0 Å². The summed E-state index contributed by atoms with van der Waals surface area (Å²) in [6.07, 6.45) is 0.528. The molecule has 25 heavy (non-hydrogen) atoms. The molecule has 1 amide bonds. The Bertz CT molecular complexity index is 926. The van der Waals surface area contributed by atoms with Crippen molar-refractivity contribution in [1.82, 2.24) is 4.90 Å². The lowest BCUT2D eigenvalue weighted by Crippen LogP contribution is -2.44. The Morgan fingerprint density at radius 1 is 1.12 bits per heavy atom. The minimum atomic E-state index is -3.04. The average molecular weight is 361 g/mol. The standard InChI is InChI=1S/C18H16FNO4S/c19-13-4-6-15(7-5-13)24-16-3-1-2-12(8-16)18(21)20-10-17-9-14(20)11-25(17,22)23/h1-8,14,17H,9-11H2. The molecule has 130 valence electrons. The number of benzene rings is 2. The van der Waals surface area contributed by atoms with Gasteiger partial charge in [-0.25, -0.2) is 12.8 Å². The Kier molecular flexibility index (Phi) is 3.76. The van der Waals surface area contributed by atoms with Gasteiger partial charge in [-0.15, -0.1) is 0 Å². The van der Waals surface area contributed by atoms with E-state index in [4.69, 9.17) is 4.74 Å². The van der Waals surface area contributed by atoms with Crippen LogP contribution >= 0.6 is 0 Å². The van der Waals surface area contributed by atoms with E-state index in [1.54, 1.807) is 29.2 Å². The van der Waals surface area contributed by atoms with Gasteiger partial charge in [-0.3, -0.25) is 4.79 Å². The normalized spacial score (nSPS) is 23.6. The summed E-state index contributed by atoms with van der Waals surface area (Å²) in [5, 5.41) is -0.430. The first kappa shape index (κ1) is 16.1. The molecule has 0 N–H and O–H groups in total. The van der Waals surface area contributed by atoms with Gasteiger partial charge < -0.3 is 9.64 Å². The Morgan fingerprint density at radius 3 is 2.52 bits per heavy atom. The van der Waals surface area contributed by atoms with E-state index in [2.05, 4.69) is 0 Å². The summed E-state index contributed by atoms with van der Waals surface area (Å²) >= 11 is 0. The van der Waals surface area contributed by atoms with Crippen molar-refractivity contribution < 1.29 is 22.3 Å². The molecule has 2 aromatic rings. The molecule has 5 nitrogen and oxygen atoms in total. The Balaban J connectivity index is 1.52. The number of rotatable bonds is 3. The van der Waals surface area contributed by atoms with Crippen LogP contribution in [-0.2, 0) is 9.84 Å². The summed E-state index contributed by atoms with van der Waals surface area (Å²) in [5.74, 6) is 0.448. The molecule has 2 heterocycles. The van der Waals surface area contributed by atoms with Crippen LogP contribution in [0.4, 0.5) is 4.39 Å². The topological polar surface area (TPSA) is 63.7 Å². The van der Waals surface area contributed by atoms with Crippen LogP contribution in [0.3, 0.4) is 0 Å². The number of carbonyl (C=O) groups excluding carboxylic acids is 1. The Labute approximate surface area is 144 Å². The van der Waals surface area contributed by atoms with E-state index in [-0.39, 0.29) is 30.1 Å². The number of amides is 1. The SMILES string of the molecule is O=C(c1cccc(Oc2ccc(F)cc2)c1)N1CC2CC1CS2(=O)=O. The van der Waals surface area contributed by atoms with Crippen molar-refractivity contribution in [2.45, 2.75) is 17.7 Å². The Hall–Kier alpha value is -2.41. The number of halogens is 1. The first-order chi connectivity index (χ1) is 11.9. The lowest BCUT2D eigenvalue weighted by atomic mass is 10.1. The third kappa shape index (κ3) is 3.00. The molecule has 4 rings (SSSR count). The highest BCUT2D eigenvalue weighted by molar-refractivity contribution is 7.92. The van der Waals surface area contributed by atoms with Crippen molar-refractivity contribution in [2.24, 2.45) is 0 Å². The molecule has 2 saturated heterocycles. The number of fused-ring (bicyclic) bond motifs is 2. The number of sulfone groups is 1. The van der Waals surface area contributed by atoms with E-state index < -0.39 is 15.1 Å². The predicted octanol–water partition coefficient (Wildman–Crippen LogP) is 2.63. The minimum absolute atomic E-state index is 0.0508. The first-order valence-corrected chi connectivity index (χ1v) is 9.70. The van der Waals surface area contributed by atoms with Crippen LogP contribution in [0.2, 0.25) is 0 Å². The van der Waals surface area contributed by atoms with Gasteiger partial charge in [0.2, 0.25) is 0 Å². The molecule has 2 atom stereocenters.